The summed E-state index contributed by atoms with van der Waals surface area (Å²) in [6, 6.07) is 2.11. The summed E-state index contributed by atoms with van der Waals surface area (Å²) in [5.41, 5.74) is 3.30. The quantitative estimate of drug-likeness (QED) is 0.667. The average Bonchev–Trinajstić information content (AvgIpc) is 2.47. The van der Waals surface area contributed by atoms with Crippen LogP contribution in [0.5, 0.6) is 0 Å². The molecule has 0 amide bonds. The van der Waals surface area contributed by atoms with E-state index in [0.29, 0.717) is 0 Å². The van der Waals surface area contributed by atoms with Crippen molar-refractivity contribution >= 4 is 11.0 Å². The fraction of sp³-hybridized carbons (Fsp3) is 0.400. The summed E-state index contributed by atoms with van der Waals surface area (Å²) in [5.74, 6) is 0. The van der Waals surface area contributed by atoms with Crippen molar-refractivity contribution in [1.29, 1.82) is 0 Å². The number of nitrogens with one attached hydrogen (secondary N) is 1. The standard InChI is InChI=1S/C10H13N3/c1-10(2,3)7-4-8-9(11-5-7)6-12-13-8/h4-6H,1-3H3,(H,12,13). The highest BCUT2D eigenvalue weighted by Gasteiger charge is 2.14. The van der Waals surface area contributed by atoms with Crippen molar-refractivity contribution in [2.75, 3.05) is 0 Å². The van der Waals surface area contributed by atoms with E-state index in [9.17, 15) is 0 Å². The van der Waals surface area contributed by atoms with E-state index in [1.165, 1.54) is 5.56 Å². The van der Waals surface area contributed by atoms with Crippen molar-refractivity contribution in [2.45, 2.75) is 26.2 Å². The molecule has 0 aromatic carbocycles. The Morgan fingerprint density at radius 1 is 1.23 bits per heavy atom. The van der Waals surface area contributed by atoms with Crippen LogP contribution in [-0.4, -0.2) is 15.2 Å². The van der Waals surface area contributed by atoms with E-state index in [-0.39, 0.29) is 5.41 Å². The lowest BCUT2D eigenvalue weighted by Crippen LogP contribution is -2.11. The first-order chi connectivity index (χ1) is 6.07. The van der Waals surface area contributed by atoms with E-state index < -0.39 is 0 Å². The van der Waals surface area contributed by atoms with E-state index in [1.54, 1.807) is 6.20 Å². The molecule has 0 saturated carbocycles. The third kappa shape index (κ3) is 1.41. The van der Waals surface area contributed by atoms with Gasteiger partial charge in [0.2, 0.25) is 0 Å². The molecule has 0 unspecified atom stereocenters. The summed E-state index contributed by atoms with van der Waals surface area (Å²) in [5, 5.41) is 6.86. The maximum absolute atomic E-state index is 4.31. The molecule has 2 aromatic rings. The molecule has 0 aliphatic rings. The maximum Gasteiger partial charge on any atom is 0.108 e. The van der Waals surface area contributed by atoms with Crippen molar-refractivity contribution in [3.8, 4) is 0 Å². The Kier molecular flexibility index (Phi) is 1.62. The van der Waals surface area contributed by atoms with Gasteiger partial charge < -0.3 is 0 Å². The first-order valence-electron chi connectivity index (χ1n) is 4.37. The van der Waals surface area contributed by atoms with Crippen LogP contribution in [0.3, 0.4) is 0 Å². The van der Waals surface area contributed by atoms with Crippen molar-refractivity contribution in [3.63, 3.8) is 0 Å². The van der Waals surface area contributed by atoms with Crippen LogP contribution in [-0.2, 0) is 5.41 Å². The second-order valence-corrected chi connectivity index (χ2v) is 4.28. The highest BCUT2D eigenvalue weighted by molar-refractivity contribution is 5.73. The van der Waals surface area contributed by atoms with E-state index in [2.05, 4.69) is 42.0 Å². The molecule has 13 heavy (non-hydrogen) atoms. The maximum atomic E-state index is 4.31. The van der Waals surface area contributed by atoms with Crippen LogP contribution in [0.15, 0.2) is 18.5 Å². The number of aromatic amines is 1. The third-order valence-corrected chi connectivity index (χ3v) is 2.16. The monoisotopic (exact) mass is 175 g/mol. The number of H-pyrrole nitrogens is 1. The first-order valence-corrected chi connectivity index (χ1v) is 4.37. The molecule has 0 aliphatic carbocycles. The zero-order chi connectivity index (χ0) is 9.47. The fourth-order valence-electron chi connectivity index (χ4n) is 1.24. The smallest absolute Gasteiger partial charge is 0.108 e. The highest BCUT2D eigenvalue weighted by Crippen LogP contribution is 2.23. The van der Waals surface area contributed by atoms with Gasteiger partial charge in [-0.1, -0.05) is 20.8 Å². The van der Waals surface area contributed by atoms with Gasteiger partial charge in [-0.25, -0.2) is 0 Å². The van der Waals surface area contributed by atoms with Gasteiger partial charge in [0.1, 0.15) is 5.52 Å². The molecule has 0 fully saturated rings. The molecule has 0 atom stereocenters. The molecule has 3 nitrogen and oxygen atoms in total. The van der Waals surface area contributed by atoms with Crippen molar-refractivity contribution in [3.05, 3.63) is 24.0 Å². The van der Waals surface area contributed by atoms with E-state index in [1.807, 2.05) is 6.20 Å². The summed E-state index contributed by atoms with van der Waals surface area (Å²) >= 11 is 0. The highest BCUT2D eigenvalue weighted by atomic mass is 15.1. The minimum absolute atomic E-state index is 0.145. The number of pyridine rings is 1. The summed E-state index contributed by atoms with van der Waals surface area (Å²) < 4.78 is 0. The molecule has 68 valence electrons. The van der Waals surface area contributed by atoms with Gasteiger partial charge in [0.15, 0.2) is 0 Å². The molecule has 0 radical (unpaired) electrons. The van der Waals surface area contributed by atoms with Crippen molar-refractivity contribution < 1.29 is 0 Å². The molecule has 0 spiro atoms. The lowest BCUT2D eigenvalue weighted by Gasteiger charge is -2.17. The molecular weight excluding hydrogens is 162 g/mol. The fourth-order valence-corrected chi connectivity index (χ4v) is 1.24. The van der Waals surface area contributed by atoms with Gasteiger partial charge in [-0.3, -0.25) is 10.1 Å². The molecule has 2 aromatic heterocycles. The third-order valence-electron chi connectivity index (χ3n) is 2.16. The number of rotatable bonds is 0. The average molecular weight is 175 g/mol. The van der Waals surface area contributed by atoms with Crippen LogP contribution >= 0.6 is 0 Å². The lowest BCUT2D eigenvalue weighted by molar-refractivity contribution is 0.588. The second-order valence-electron chi connectivity index (χ2n) is 4.28. The molecule has 2 heterocycles. The minimum atomic E-state index is 0.145. The Labute approximate surface area is 77.2 Å². The van der Waals surface area contributed by atoms with Gasteiger partial charge in [0, 0.05) is 6.20 Å². The largest absolute Gasteiger partial charge is 0.276 e. The lowest BCUT2D eigenvalue weighted by atomic mass is 9.88. The van der Waals surface area contributed by atoms with Crippen molar-refractivity contribution in [2.24, 2.45) is 0 Å². The Morgan fingerprint density at radius 2 is 2.00 bits per heavy atom. The number of hydrogen-bond acceptors (Lipinski definition) is 2. The Balaban J connectivity index is 2.61. The van der Waals surface area contributed by atoms with Crippen LogP contribution in [0.25, 0.3) is 11.0 Å². The first kappa shape index (κ1) is 8.23. The van der Waals surface area contributed by atoms with E-state index >= 15 is 0 Å². The Hall–Kier alpha value is -1.38. The Morgan fingerprint density at radius 3 is 2.69 bits per heavy atom. The van der Waals surface area contributed by atoms with Crippen LogP contribution < -0.4 is 0 Å². The SMILES string of the molecule is CC(C)(C)c1cnc2cn[nH]c2c1. The molecule has 1 N–H and O–H groups in total. The summed E-state index contributed by atoms with van der Waals surface area (Å²) in [7, 11) is 0. The van der Waals surface area contributed by atoms with Gasteiger partial charge in [-0.05, 0) is 17.0 Å². The van der Waals surface area contributed by atoms with Gasteiger partial charge in [-0.2, -0.15) is 5.10 Å². The molecular formula is C10H13N3. The minimum Gasteiger partial charge on any atom is -0.276 e. The Bertz CT molecular complexity index is 423. The topological polar surface area (TPSA) is 41.6 Å². The van der Waals surface area contributed by atoms with Crippen LogP contribution in [0.4, 0.5) is 0 Å². The molecule has 3 heteroatoms. The number of aromatic nitrogens is 3. The van der Waals surface area contributed by atoms with Crippen LogP contribution in [0.1, 0.15) is 26.3 Å². The molecule has 0 bridgehead atoms. The normalized spacial score (nSPS) is 12.2. The number of nitrogens with zero attached hydrogens (tertiary/aromatic N) is 2. The summed E-state index contributed by atoms with van der Waals surface area (Å²) in [6.07, 6.45) is 3.65. The summed E-state index contributed by atoms with van der Waals surface area (Å²) in [6.45, 7) is 6.52. The molecule has 0 aliphatic heterocycles. The van der Waals surface area contributed by atoms with Crippen molar-refractivity contribution in [1.82, 2.24) is 15.2 Å². The summed E-state index contributed by atoms with van der Waals surface area (Å²) in [4.78, 5) is 4.31. The van der Waals surface area contributed by atoms with Gasteiger partial charge in [0.05, 0.1) is 11.7 Å². The zero-order valence-corrected chi connectivity index (χ0v) is 8.13. The second kappa shape index (κ2) is 2.55. The van der Waals surface area contributed by atoms with E-state index in [0.717, 1.165) is 11.0 Å². The van der Waals surface area contributed by atoms with Gasteiger partial charge in [-0.15, -0.1) is 0 Å². The van der Waals surface area contributed by atoms with Crippen LogP contribution in [0, 0.1) is 0 Å². The van der Waals surface area contributed by atoms with Gasteiger partial charge in [0.25, 0.3) is 0 Å². The number of hydrogen-bond donors (Lipinski definition) is 1. The number of fused-ring (bicyclic) bond motifs is 1. The van der Waals surface area contributed by atoms with Gasteiger partial charge >= 0.3 is 0 Å². The zero-order valence-electron chi connectivity index (χ0n) is 8.13. The molecule has 2 rings (SSSR count). The van der Waals surface area contributed by atoms with Crippen LogP contribution in [0.2, 0.25) is 0 Å². The molecule has 0 saturated heterocycles. The predicted molar refractivity (Wildman–Crippen MR) is 52.6 cm³/mol. The van der Waals surface area contributed by atoms with E-state index in [4.69, 9.17) is 0 Å². The predicted octanol–water partition coefficient (Wildman–Crippen LogP) is 2.26.